The molecule has 9 heterocycles. The van der Waals surface area contributed by atoms with Crippen molar-refractivity contribution in [3.63, 3.8) is 0 Å². The number of Topliss-reactive ketones (excluding diaryl/α,β-unsaturated/α-hetero) is 3. The van der Waals surface area contributed by atoms with Gasteiger partial charge in [-0.1, -0.05) is 53.3 Å². The summed E-state index contributed by atoms with van der Waals surface area (Å²) in [6.45, 7) is 23.4. The molecule has 13 bridgehead atoms. The van der Waals surface area contributed by atoms with Crippen LogP contribution in [0, 0.1) is 17.8 Å². The Labute approximate surface area is 697 Å². The number of rotatable bonds is 13. The molecule has 16 N–H and O–H groups in total. The number of aliphatic hydroxyl groups is 5. The number of aromatic nitrogens is 5. The van der Waals surface area contributed by atoms with Crippen LogP contribution in [-0.2, 0) is 59.8 Å². The average molecular weight is 1720 g/mol. The number of carbonyl (C=O) groups is 13. The van der Waals surface area contributed by atoms with Gasteiger partial charge in [0.2, 0.25) is 23.6 Å². The van der Waals surface area contributed by atoms with Crippen LogP contribution in [0.5, 0.6) is 0 Å². The van der Waals surface area contributed by atoms with Crippen molar-refractivity contribution >= 4 is 144 Å². The fraction of sp³-hybridized carbons (Fsp3) is 0.481. The van der Waals surface area contributed by atoms with Crippen LogP contribution in [0.25, 0.3) is 0 Å². The Balaban J connectivity index is 1.17. The highest BCUT2D eigenvalue weighted by Gasteiger charge is 2.51. The summed E-state index contributed by atoms with van der Waals surface area (Å²) in [6.07, 6.45) is -6.07. The minimum Gasteiger partial charge on any atom is -0.455 e. The summed E-state index contributed by atoms with van der Waals surface area (Å²) in [5, 5.41) is 87.7. The summed E-state index contributed by atoms with van der Waals surface area (Å²) < 4.78 is 6.31. The number of nitrogens with two attached hydrogens (primary N) is 1. The minimum atomic E-state index is -2.10. The van der Waals surface area contributed by atoms with Gasteiger partial charge in [0.1, 0.15) is 90.5 Å². The molecular weight excluding hydrogens is 1630 g/mol. The zero-order valence-corrected chi connectivity index (χ0v) is 70.3. The molecule has 0 spiro atoms. The molecule has 5 aromatic rings. The van der Waals surface area contributed by atoms with Crippen LogP contribution in [-0.4, -0.2) is 192 Å². The molecule has 0 aromatic carbocycles. The molecule has 41 heteroatoms. The number of allylic oxidation sites excluding steroid dienone is 2. The van der Waals surface area contributed by atoms with Crippen molar-refractivity contribution in [2.45, 2.75) is 211 Å². The summed E-state index contributed by atoms with van der Waals surface area (Å²) in [5.74, 6) is -15.3. The first-order valence-electron chi connectivity index (χ1n) is 37.8. The third-order valence-corrected chi connectivity index (χ3v) is 26.0. The van der Waals surface area contributed by atoms with Crippen molar-refractivity contribution in [3.8, 4) is 0 Å². The number of ether oxygens (including phenoxy) is 1. The first kappa shape index (κ1) is 90.1. The van der Waals surface area contributed by atoms with Gasteiger partial charge in [0.15, 0.2) is 17.3 Å². The van der Waals surface area contributed by atoms with Crippen LogP contribution >= 0.6 is 57.1 Å². The topological polar surface area (TPSA) is 556 Å². The number of nitrogens with one attached hydrogen (secondary N) is 9. The molecule has 10 rings (SSSR count). The molecule has 630 valence electrons. The minimum absolute atomic E-state index is 0.0172. The normalized spacial score (nSPS) is 26.8. The largest absolute Gasteiger partial charge is 0.455 e. The van der Waals surface area contributed by atoms with Crippen LogP contribution in [0.1, 0.15) is 236 Å². The van der Waals surface area contributed by atoms with E-state index in [1.807, 2.05) is 13.8 Å². The lowest BCUT2D eigenvalue weighted by Gasteiger charge is -2.41. The Morgan fingerprint density at radius 3 is 2.15 bits per heavy atom. The molecule has 5 aliphatic rings. The Morgan fingerprint density at radius 2 is 1.48 bits per heavy atom. The Bertz CT molecular complexity index is 5000. The van der Waals surface area contributed by atoms with E-state index in [1.54, 1.807) is 6.92 Å². The highest BCUT2D eigenvalue weighted by molar-refractivity contribution is 8.14. The molecule has 0 fully saturated rings. The van der Waals surface area contributed by atoms with Crippen LogP contribution in [0.3, 0.4) is 0 Å². The Morgan fingerprint density at radius 1 is 0.797 bits per heavy atom. The van der Waals surface area contributed by atoms with Crippen LogP contribution in [0.4, 0.5) is 0 Å². The molecule has 0 radical (unpaired) electrons. The van der Waals surface area contributed by atoms with Gasteiger partial charge in [0.25, 0.3) is 29.5 Å². The van der Waals surface area contributed by atoms with E-state index in [2.05, 4.69) is 81.0 Å². The van der Waals surface area contributed by atoms with E-state index in [1.165, 1.54) is 82.1 Å². The maximum atomic E-state index is 15.5. The number of thioether (sulfide) groups is 1. The second kappa shape index (κ2) is 37.8. The van der Waals surface area contributed by atoms with Crippen molar-refractivity contribution in [3.05, 3.63) is 141 Å². The smallest absolute Gasteiger partial charge is 0.357 e. The molecular formula is C77H93N17O19S5. The first-order chi connectivity index (χ1) is 55.6. The standard InChI is InChI=1S/C77H93N17O19S5/c1-14-30(3)56-55(101)21-31(4)63(104)80-33(6)53(99)20-32(5)64(105)94-77-19-18-45(72-90-50(28-116-72)66(107)81-34(7)65(106)86-47(62(78)103)24-79-39(12)98)84-61(77)49-26-117-73(88-49)58(37(10)113-74(111)46-22-41(35(8)95)40-16-17-44(82-56)60(102)59(40)83-46)93-67(108)51-27-114-70(89-51)42(76(13,112)38(11)97)23-54(100)48-25-115-71(87-48)43(15-2)85-69(110)57(36(9)96)92-68(109)52-29-118-75(77)91-52/h15,22,24,26-32,35-38,42,44,48,56-58,60-61,82,95-97,102,112H,6-7,14,16-21,23,25H2,1-5,8-13H3,(H2,78,103)(H,79,98)(H,80,104)(H,81,107)(H,85,110)(H,86,106)(H,92,109)(H,93,108)(H,94,105)/b43-15-,47-24?. The van der Waals surface area contributed by atoms with Gasteiger partial charge in [0.05, 0.1) is 69.2 Å². The van der Waals surface area contributed by atoms with Gasteiger partial charge in [-0.25, -0.2) is 29.7 Å². The predicted octanol–water partition coefficient (Wildman–Crippen LogP) is 3.22. The van der Waals surface area contributed by atoms with E-state index in [-0.39, 0.29) is 114 Å². The van der Waals surface area contributed by atoms with E-state index in [4.69, 9.17) is 25.4 Å². The van der Waals surface area contributed by atoms with E-state index < -0.39 is 208 Å². The highest BCUT2D eigenvalue weighted by Crippen LogP contribution is 2.48. The number of amides is 9. The fourth-order valence-electron chi connectivity index (χ4n) is 13.7. The summed E-state index contributed by atoms with van der Waals surface area (Å²) in [4.78, 5) is 218. The SMILES string of the molecule is C=C1NC(=O)C(C)CC(=O)C(C(C)CC)NC2CCc3c(C(C)O)cc(nc3C2O)C(=O)OC(C)C2NC(=O)c3csc(n3)C(C(C)(O)C(C)O)CC(=O)C3CSC(=N3)/C(=C/C)NC(=O)C(C(C)O)NC(=O)c3csc(n3)C3(CCC(c4nc(C(=O)NC(=C)C(=O)NC(=CNC(C)=O)C(N)=O)cs4)=NC3c3csc2n3)NC(=O)C(C)CC1=O. The number of primary amides is 1. The monoisotopic (exact) mass is 1720 g/mol. The van der Waals surface area contributed by atoms with Crippen molar-refractivity contribution in [2.75, 3.05) is 5.75 Å². The number of carbonyl (C=O) groups excluding carboxylic acids is 13. The van der Waals surface area contributed by atoms with Gasteiger partial charge in [-0.05, 0) is 90.3 Å². The molecule has 17 unspecified atom stereocenters. The lowest BCUT2D eigenvalue weighted by atomic mass is 9.80. The van der Waals surface area contributed by atoms with Crippen LogP contribution in [0.2, 0.25) is 0 Å². The van der Waals surface area contributed by atoms with Gasteiger partial charge in [-0.15, -0.1) is 57.1 Å². The number of nitrogens with zero attached hydrogens (tertiary/aromatic N) is 7. The molecule has 5 aromatic heterocycles. The lowest BCUT2D eigenvalue weighted by molar-refractivity contribution is -0.131. The van der Waals surface area contributed by atoms with Gasteiger partial charge in [0, 0.05) is 83.5 Å². The second-order valence-electron chi connectivity index (χ2n) is 29.9. The van der Waals surface area contributed by atoms with Crippen LogP contribution in [0.15, 0.2) is 85.8 Å². The van der Waals surface area contributed by atoms with Crippen LogP contribution < -0.4 is 53.6 Å². The number of fused-ring (bicyclic) bond motifs is 7. The van der Waals surface area contributed by atoms with E-state index in [0.717, 1.165) is 70.2 Å². The van der Waals surface area contributed by atoms with Crippen molar-refractivity contribution in [1.29, 1.82) is 0 Å². The summed E-state index contributed by atoms with van der Waals surface area (Å²) in [7, 11) is 0. The summed E-state index contributed by atoms with van der Waals surface area (Å²) in [5.41, 5.74) is -0.880. The predicted molar refractivity (Wildman–Crippen MR) is 434 cm³/mol. The van der Waals surface area contributed by atoms with Gasteiger partial charge in [-0.3, -0.25) is 67.5 Å². The van der Waals surface area contributed by atoms with E-state index >= 15 is 14.4 Å². The number of pyridine rings is 1. The van der Waals surface area contributed by atoms with Crippen molar-refractivity contribution < 1.29 is 92.6 Å². The Hall–Kier alpha value is -10.2. The first-order valence-corrected chi connectivity index (χ1v) is 42.3. The lowest BCUT2D eigenvalue weighted by Crippen LogP contribution is -2.54. The van der Waals surface area contributed by atoms with Gasteiger partial charge < -0.3 is 83.9 Å². The quantitative estimate of drug-likeness (QED) is 0.0594. The number of hydrogen-bond donors (Lipinski definition) is 15. The molecule has 36 nitrogen and oxygen atoms in total. The zero-order chi connectivity index (χ0) is 86.4. The summed E-state index contributed by atoms with van der Waals surface area (Å²) >= 11 is 4.57. The van der Waals surface area contributed by atoms with Crippen molar-refractivity contribution in [2.24, 2.45) is 33.5 Å². The molecule has 0 saturated heterocycles. The van der Waals surface area contributed by atoms with Gasteiger partial charge >= 0.3 is 5.97 Å². The number of esters is 1. The maximum absolute atomic E-state index is 15.5. The van der Waals surface area contributed by atoms with Gasteiger partial charge in [-0.2, -0.15) is 0 Å². The third-order valence-electron chi connectivity index (χ3n) is 21.1. The van der Waals surface area contributed by atoms with E-state index in [9.17, 15) is 73.5 Å². The number of aliphatic hydroxyl groups excluding tert-OH is 4. The molecule has 0 saturated carbocycles. The number of ketones is 3. The maximum Gasteiger partial charge on any atom is 0.357 e. The second-order valence-corrected chi connectivity index (χ2v) is 34.4. The molecule has 118 heavy (non-hydrogen) atoms. The number of aliphatic imine (C=N–C) groups is 2. The average Bonchev–Trinajstić information content (AvgIpc) is 1.48. The molecule has 4 aliphatic heterocycles. The number of thiazole rings is 4. The third kappa shape index (κ3) is 20.2. The number of cyclic esters (lactones) is 1. The zero-order valence-electron chi connectivity index (χ0n) is 66.2. The molecule has 17 atom stereocenters. The molecule has 1 aliphatic carbocycles. The van der Waals surface area contributed by atoms with Crippen molar-refractivity contribution in [1.82, 2.24) is 72.8 Å². The highest BCUT2D eigenvalue weighted by atomic mass is 32.2. The summed E-state index contributed by atoms with van der Waals surface area (Å²) in [6, 6.07) is -6.45. The molecule has 9 amide bonds. The van der Waals surface area contributed by atoms with E-state index in [0.29, 0.717) is 12.0 Å². The number of hydrogen-bond acceptors (Lipinski definition) is 32. The Kier molecular flexibility index (Phi) is 28.9. The fourth-order valence-corrected chi connectivity index (χ4v) is 18.6.